The molecule has 0 saturated heterocycles. The molecule has 1 aromatic heterocycles. The van der Waals surface area contributed by atoms with Crippen molar-refractivity contribution in [2.75, 3.05) is 18.6 Å². The predicted molar refractivity (Wildman–Crippen MR) is 66.2 cm³/mol. The average Bonchev–Trinajstić information content (AvgIpc) is 2.70. The van der Waals surface area contributed by atoms with Gasteiger partial charge in [0.05, 0.1) is 12.4 Å². The molecule has 0 N–H and O–H groups in total. The Morgan fingerprint density at radius 3 is 2.31 bits per heavy atom. The summed E-state index contributed by atoms with van der Waals surface area (Å²) in [6, 6.07) is 0. The first-order valence-corrected chi connectivity index (χ1v) is 5.57. The Morgan fingerprint density at radius 2 is 1.88 bits per heavy atom. The molecule has 0 amide bonds. The molecule has 4 nitrogen and oxygen atoms in total. The van der Waals surface area contributed by atoms with Gasteiger partial charge in [-0.05, 0) is 0 Å². The fourth-order valence-electron chi connectivity index (χ4n) is 1.74. The lowest BCUT2D eigenvalue weighted by Crippen LogP contribution is -2.24. The molecular weight excluding hydrogens is 200 g/mol. The van der Waals surface area contributed by atoms with E-state index in [1.54, 1.807) is 0 Å². The second-order valence-corrected chi connectivity index (χ2v) is 5.45. The minimum absolute atomic E-state index is 0.103. The summed E-state index contributed by atoms with van der Waals surface area (Å²) in [7, 11) is 4.11. The molecule has 0 bridgehead atoms. The van der Waals surface area contributed by atoms with Crippen molar-refractivity contribution in [1.82, 2.24) is 14.5 Å². The highest BCUT2D eigenvalue weighted by molar-refractivity contribution is 5.40. The first kappa shape index (κ1) is 11.0. The highest BCUT2D eigenvalue weighted by Gasteiger charge is 2.22. The van der Waals surface area contributed by atoms with Gasteiger partial charge in [0, 0.05) is 38.1 Å². The lowest BCUT2D eigenvalue weighted by Gasteiger charge is -2.17. The highest BCUT2D eigenvalue weighted by atomic mass is 15.4. The van der Waals surface area contributed by atoms with Crippen LogP contribution in [-0.2, 0) is 12.5 Å². The summed E-state index contributed by atoms with van der Waals surface area (Å²) in [5, 5.41) is 0. The summed E-state index contributed by atoms with van der Waals surface area (Å²) in [5.41, 5.74) is 1.23. The van der Waals surface area contributed by atoms with Gasteiger partial charge in [-0.2, -0.15) is 0 Å². The summed E-state index contributed by atoms with van der Waals surface area (Å²) in [6.07, 6.45) is 6.24. The SMILES string of the molecule is CN1C=CN(c2nc(C(C)(C)C)cn2C)C1. The van der Waals surface area contributed by atoms with Gasteiger partial charge in [-0.15, -0.1) is 0 Å². The third kappa shape index (κ3) is 1.92. The maximum Gasteiger partial charge on any atom is 0.211 e. The number of rotatable bonds is 1. The molecule has 0 aliphatic carbocycles. The van der Waals surface area contributed by atoms with Crippen LogP contribution >= 0.6 is 0 Å². The van der Waals surface area contributed by atoms with Crippen LogP contribution in [0.3, 0.4) is 0 Å². The van der Waals surface area contributed by atoms with Crippen molar-refractivity contribution in [3.63, 3.8) is 0 Å². The molecule has 4 heteroatoms. The van der Waals surface area contributed by atoms with E-state index < -0.39 is 0 Å². The molecule has 0 radical (unpaired) electrons. The lowest BCUT2D eigenvalue weighted by molar-refractivity contribution is 0.491. The minimum atomic E-state index is 0.103. The Hall–Kier alpha value is -1.45. The molecule has 0 spiro atoms. The van der Waals surface area contributed by atoms with Crippen molar-refractivity contribution >= 4 is 5.95 Å². The van der Waals surface area contributed by atoms with Crippen LogP contribution in [0.1, 0.15) is 26.5 Å². The van der Waals surface area contributed by atoms with Crippen molar-refractivity contribution in [3.8, 4) is 0 Å². The molecule has 2 rings (SSSR count). The maximum atomic E-state index is 4.71. The van der Waals surface area contributed by atoms with Gasteiger partial charge in [0.25, 0.3) is 0 Å². The smallest absolute Gasteiger partial charge is 0.211 e. The largest absolute Gasteiger partial charge is 0.361 e. The van der Waals surface area contributed by atoms with Crippen molar-refractivity contribution in [1.29, 1.82) is 0 Å². The van der Waals surface area contributed by atoms with E-state index in [2.05, 4.69) is 60.8 Å². The Kier molecular flexibility index (Phi) is 2.45. The number of nitrogens with zero attached hydrogens (tertiary/aromatic N) is 4. The van der Waals surface area contributed by atoms with E-state index >= 15 is 0 Å². The fourth-order valence-corrected chi connectivity index (χ4v) is 1.74. The normalized spacial score (nSPS) is 16.3. The van der Waals surface area contributed by atoms with Gasteiger partial charge in [-0.1, -0.05) is 20.8 Å². The van der Waals surface area contributed by atoms with Crippen LogP contribution in [-0.4, -0.2) is 28.2 Å². The van der Waals surface area contributed by atoms with E-state index in [9.17, 15) is 0 Å². The number of anilines is 1. The summed E-state index contributed by atoms with van der Waals surface area (Å²) in [4.78, 5) is 8.99. The summed E-state index contributed by atoms with van der Waals surface area (Å²) in [6.45, 7) is 7.43. The van der Waals surface area contributed by atoms with Gasteiger partial charge in [-0.25, -0.2) is 4.98 Å². The van der Waals surface area contributed by atoms with Crippen LogP contribution in [0.25, 0.3) is 0 Å². The Labute approximate surface area is 97.2 Å². The minimum Gasteiger partial charge on any atom is -0.361 e. The van der Waals surface area contributed by atoms with E-state index in [-0.39, 0.29) is 5.41 Å². The van der Waals surface area contributed by atoms with Crippen LogP contribution in [0.4, 0.5) is 5.95 Å². The molecular formula is C12H20N4. The van der Waals surface area contributed by atoms with Gasteiger partial charge >= 0.3 is 0 Å². The Bertz CT molecular complexity index is 411. The molecule has 16 heavy (non-hydrogen) atoms. The predicted octanol–water partition coefficient (Wildman–Crippen LogP) is 1.90. The maximum absolute atomic E-state index is 4.71. The summed E-state index contributed by atoms with van der Waals surface area (Å²) in [5.74, 6) is 1.01. The van der Waals surface area contributed by atoms with E-state index in [0.717, 1.165) is 18.3 Å². The lowest BCUT2D eigenvalue weighted by atomic mass is 9.93. The molecule has 1 aromatic rings. The van der Waals surface area contributed by atoms with Crippen LogP contribution in [0.2, 0.25) is 0 Å². The Morgan fingerprint density at radius 1 is 1.19 bits per heavy atom. The Balaban J connectivity index is 2.29. The zero-order valence-corrected chi connectivity index (χ0v) is 10.7. The third-order valence-corrected chi connectivity index (χ3v) is 2.75. The van der Waals surface area contributed by atoms with Crippen LogP contribution in [0.5, 0.6) is 0 Å². The van der Waals surface area contributed by atoms with Gasteiger partial charge in [-0.3, -0.25) is 4.90 Å². The molecule has 0 atom stereocenters. The molecule has 0 fully saturated rings. The molecule has 0 aromatic carbocycles. The van der Waals surface area contributed by atoms with Crippen LogP contribution < -0.4 is 4.90 Å². The first-order valence-electron chi connectivity index (χ1n) is 5.57. The number of aromatic nitrogens is 2. The highest BCUT2D eigenvalue weighted by Crippen LogP contribution is 2.25. The van der Waals surface area contributed by atoms with E-state index in [1.807, 2.05) is 7.05 Å². The van der Waals surface area contributed by atoms with E-state index in [0.29, 0.717) is 0 Å². The summed E-state index contributed by atoms with van der Waals surface area (Å²) >= 11 is 0. The summed E-state index contributed by atoms with van der Waals surface area (Å²) < 4.78 is 2.09. The van der Waals surface area contributed by atoms with Gasteiger partial charge in [0.2, 0.25) is 5.95 Å². The first-order chi connectivity index (χ1) is 7.38. The average molecular weight is 220 g/mol. The second kappa shape index (κ2) is 3.54. The molecule has 2 heterocycles. The fraction of sp³-hybridized carbons (Fsp3) is 0.583. The molecule has 0 saturated carbocycles. The van der Waals surface area contributed by atoms with E-state index in [1.165, 1.54) is 0 Å². The van der Waals surface area contributed by atoms with Crippen molar-refractivity contribution in [2.45, 2.75) is 26.2 Å². The van der Waals surface area contributed by atoms with E-state index in [4.69, 9.17) is 4.98 Å². The number of hydrogen-bond acceptors (Lipinski definition) is 3. The molecule has 88 valence electrons. The van der Waals surface area contributed by atoms with Gasteiger partial charge < -0.3 is 9.47 Å². The van der Waals surface area contributed by atoms with Crippen LogP contribution in [0, 0.1) is 0 Å². The van der Waals surface area contributed by atoms with Crippen molar-refractivity contribution in [3.05, 3.63) is 24.3 Å². The molecule has 1 aliphatic heterocycles. The number of hydrogen-bond donors (Lipinski definition) is 0. The zero-order chi connectivity index (χ0) is 11.9. The standard InChI is InChI=1S/C12H20N4/c1-12(2,3)10-8-15(5)11(13-10)16-7-6-14(4)9-16/h6-8H,9H2,1-5H3. The zero-order valence-electron chi connectivity index (χ0n) is 10.7. The topological polar surface area (TPSA) is 24.3 Å². The second-order valence-electron chi connectivity index (χ2n) is 5.45. The van der Waals surface area contributed by atoms with Crippen molar-refractivity contribution < 1.29 is 0 Å². The monoisotopic (exact) mass is 220 g/mol. The van der Waals surface area contributed by atoms with Crippen LogP contribution in [0.15, 0.2) is 18.6 Å². The molecule has 0 unspecified atom stereocenters. The third-order valence-electron chi connectivity index (χ3n) is 2.75. The van der Waals surface area contributed by atoms with Crippen molar-refractivity contribution in [2.24, 2.45) is 7.05 Å². The quantitative estimate of drug-likeness (QED) is 0.722. The molecule has 1 aliphatic rings. The number of aryl methyl sites for hydroxylation is 1. The number of imidazole rings is 1. The van der Waals surface area contributed by atoms with Gasteiger partial charge in [0.15, 0.2) is 0 Å². The van der Waals surface area contributed by atoms with Gasteiger partial charge in [0.1, 0.15) is 0 Å².